The third-order valence-corrected chi connectivity index (χ3v) is 6.68. The highest BCUT2D eigenvalue weighted by molar-refractivity contribution is 8.13. The zero-order chi connectivity index (χ0) is 13.2. The van der Waals surface area contributed by atoms with E-state index in [1.807, 2.05) is 0 Å². The van der Waals surface area contributed by atoms with Gasteiger partial charge in [-0.1, -0.05) is 12.1 Å². The third-order valence-electron chi connectivity index (χ3n) is 2.75. The number of hydrogen-bond acceptors (Lipinski definition) is 6. The van der Waals surface area contributed by atoms with Gasteiger partial charge in [0.05, 0.1) is 4.90 Å². The van der Waals surface area contributed by atoms with Crippen molar-refractivity contribution in [2.75, 3.05) is 18.8 Å². The lowest BCUT2D eigenvalue weighted by molar-refractivity contribution is 0.425. The van der Waals surface area contributed by atoms with Gasteiger partial charge in [0, 0.05) is 18.8 Å². The van der Waals surface area contributed by atoms with Crippen LogP contribution in [-0.4, -0.2) is 49.0 Å². The molecular formula is C10H14BNO4S2. The van der Waals surface area contributed by atoms with E-state index in [2.05, 4.69) is 5.32 Å². The van der Waals surface area contributed by atoms with Gasteiger partial charge in [-0.2, -0.15) is 0 Å². The number of sulfone groups is 1. The van der Waals surface area contributed by atoms with Crippen molar-refractivity contribution in [3.8, 4) is 0 Å². The maximum absolute atomic E-state index is 12.3. The Kier molecular flexibility index (Phi) is 4.34. The molecule has 0 spiro atoms. The van der Waals surface area contributed by atoms with Crippen molar-refractivity contribution in [2.24, 2.45) is 0 Å². The fourth-order valence-corrected chi connectivity index (χ4v) is 4.98. The zero-order valence-corrected chi connectivity index (χ0v) is 11.2. The standard InChI is InChI=1S/C10H14BNO4S2/c13-11(14)8-1-3-9(4-2-8)18(15,16)10-7-12-5-6-17-10/h1-4,10,12-14H,5-7H2. The molecule has 0 saturated carbocycles. The van der Waals surface area contributed by atoms with Gasteiger partial charge in [0.15, 0.2) is 9.84 Å². The van der Waals surface area contributed by atoms with E-state index in [4.69, 9.17) is 10.0 Å². The summed E-state index contributed by atoms with van der Waals surface area (Å²) in [6.45, 7) is 1.27. The van der Waals surface area contributed by atoms with Crippen LogP contribution in [0.4, 0.5) is 0 Å². The van der Waals surface area contributed by atoms with Gasteiger partial charge in [-0.3, -0.25) is 0 Å². The SMILES string of the molecule is O=S(=O)(c1ccc(B(O)O)cc1)C1CNCCS1. The van der Waals surface area contributed by atoms with Crippen LogP contribution in [0, 0.1) is 0 Å². The van der Waals surface area contributed by atoms with E-state index < -0.39 is 21.5 Å². The van der Waals surface area contributed by atoms with Gasteiger partial charge in [-0.05, 0) is 17.6 Å². The molecule has 5 nitrogen and oxygen atoms in total. The largest absolute Gasteiger partial charge is 0.488 e. The summed E-state index contributed by atoms with van der Waals surface area (Å²) in [5, 5.41) is 21.0. The summed E-state index contributed by atoms with van der Waals surface area (Å²) >= 11 is 1.43. The predicted molar refractivity (Wildman–Crippen MR) is 72.6 cm³/mol. The Morgan fingerprint density at radius 2 is 1.94 bits per heavy atom. The summed E-state index contributed by atoms with van der Waals surface area (Å²) in [5.41, 5.74) is 0.281. The molecule has 2 rings (SSSR count). The minimum Gasteiger partial charge on any atom is -0.423 e. The number of nitrogens with one attached hydrogen (secondary N) is 1. The van der Waals surface area contributed by atoms with Crippen LogP contribution >= 0.6 is 11.8 Å². The van der Waals surface area contributed by atoms with Gasteiger partial charge in [-0.15, -0.1) is 11.8 Å². The Hall–Kier alpha value is -0.535. The lowest BCUT2D eigenvalue weighted by atomic mass is 9.81. The first-order chi connectivity index (χ1) is 8.51. The molecule has 1 aliphatic rings. The average Bonchev–Trinajstić information content (AvgIpc) is 2.40. The van der Waals surface area contributed by atoms with Crippen LogP contribution in [0.25, 0.3) is 0 Å². The van der Waals surface area contributed by atoms with Crippen molar-refractivity contribution < 1.29 is 18.5 Å². The second-order valence-corrected chi connectivity index (χ2v) is 7.73. The van der Waals surface area contributed by atoms with Crippen LogP contribution < -0.4 is 10.8 Å². The van der Waals surface area contributed by atoms with Gasteiger partial charge in [0.1, 0.15) is 4.58 Å². The van der Waals surface area contributed by atoms with E-state index in [1.165, 1.54) is 36.0 Å². The summed E-state index contributed by atoms with van der Waals surface area (Å²) in [6.07, 6.45) is 0. The average molecular weight is 287 g/mol. The van der Waals surface area contributed by atoms with Crippen LogP contribution in [-0.2, 0) is 9.84 Å². The molecule has 1 aliphatic heterocycles. The van der Waals surface area contributed by atoms with Crippen molar-refractivity contribution in [2.45, 2.75) is 9.48 Å². The van der Waals surface area contributed by atoms with Crippen LogP contribution in [0.15, 0.2) is 29.2 Å². The maximum atomic E-state index is 12.3. The highest BCUT2D eigenvalue weighted by Gasteiger charge is 2.29. The second kappa shape index (κ2) is 5.62. The minimum atomic E-state index is -3.37. The third kappa shape index (κ3) is 2.89. The summed E-state index contributed by atoms with van der Waals surface area (Å²) in [7, 11) is -4.94. The molecule has 1 aromatic carbocycles. The van der Waals surface area contributed by atoms with Crippen LogP contribution in [0.3, 0.4) is 0 Å². The molecule has 1 aromatic rings. The lowest BCUT2D eigenvalue weighted by Crippen LogP contribution is -2.37. The molecule has 0 bridgehead atoms. The molecule has 98 valence electrons. The van der Waals surface area contributed by atoms with E-state index in [0.29, 0.717) is 6.54 Å². The quantitative estimate of drug-likeness (QED) is 0.606. The molecule has 3 N–H and O–H groups in total. The number of thioether (sulfide) groups is 1. The Morgan fingerprint density at radius 1 is 1.28 bits per heavy atom. The predicted octanol–water partition coefficient (Wildman–Crippen LogP) is -1.20. The van der Waals surface area contributed by atoms with E-state index in [-0.39, 0.29) is 10.4 Å². The molecule has 0 radical (unpaired) electrons. The van der Waals surface area contributed by atoms with Gasteiger partial charge in [0.25, 0.3) is 0 Å². The van der Waals surface area contributed by atoms with Crippen molar-refractivity contribution in [3.05, 3.63) is 24.3 Å². The summed E-state index contributed by atoms with van der Waals surface area (Å²) in [6, 6.07) is 5.66. The van der Waals surface area contributed by atoms with E-state index in [9.17, 15) is 8.42 Å². The Morgan fingerprint density at radius 3 is 2.44 bits per heavy atom. The summed E-state index contributed by atoms with van der Waals surface area (Å²) in [5.74, 6) is 0.775. The molecule has 1 fully saturated rings. The topological polar surface area (TPSA) is 86.6 Å². The molecule has 1 unspecified atom stereocenters. The van der Waals surface area contributed by atoms with Gasteiger partial charge in [-0.25, -0.2) is 8.42 Å². The number of benzene rings is 1. The first-order valence-electron chi connectivity index (χ1n) is 5.54. The molecule has 0 amide bonds. The molecule has 1 atom stereocenters. The molecule has 18 heavy (non-hydrogen) atoms. The minimum absolute atomic E-state index is 0.216. The van der Waals surface area contributed by atoms with Gasteiger partial charge in [0.2, 0.25) is 0 Å². The lowest BCUT2D eigenvalue weighted by Gasteiger charge is -2.22. The van der Waals surface area contributed by atoms with E-state index in [1.54, 1.807) is 0 Å². The second-order valence-electron chi connectivity index (χ2n) is 3.99. The van der Waals surface area contributed by atoms with Crippen molar-refractivity contribution >= 4 is 34.2 Å². The van der Waals surface area contributed by atoms with Crippen molar-refractivity contribution in [1.29, 1.82) is 0 Å². The molecule has 1 heterocycles. The van der Waals surface area contributed by atoms with E-state index >= 15 is 0 Å². The fraction of sp³-hybridized carbons (Fsp3) is 0.400. The van der Waals surface area contributed by atoms with Crippen molar-refractivity contribution in [3.63, 3.8) is 0 Å². The first kappa shape index (κ1) is 13.9. The van der Waals surface area contributed by atoms with Gasteiger partial charge < -0.3 is 15.4 Å². The van der Waals surface area contributed by atoms with Crippen molar-refractivity contribution in [1.82, 2.24) is 5.32 Å². The van der Waals surface area contributed by atoms with Crippen LogP contribution in [0.1, 0.15) is 0 Å². The normalized spacial score (nSPS) is 20.7. The maximum Gasteiger partial charge on any atom is 0.488 e. The first-order valence-corrected chi connectivity index (χ1v) is 8.13. The molecule has 0 aliphatic carbocycles. The molecule has 0 aromatic heterocycles. The smallest absolute Gasteiger partial charge is 0.423 e. The summed E-state index contributed by atoms with van der Waals surface area (Å²) in [4.78, 5) is 0.216. The molecule has 8 heteroatoms. The zero-order valence-electron chi connectivity index (χ0n) is 9.61. The fourth-order valence-electron chi connectivity index (χ4n) is 1.72. The number of hydrogen-bond donors (Lipinski definition) is 3. The Bertz CT molecular complexity index is 497. The van der Waals surface area contributed by atoms with Crippen LogP contribution in [0.5, 0.6) is 0 Å². The van der Waals surface area contributed by atoms with E-state index in [0.717, 1.165) is 12.3 Å². The Labute approximate surface area is 111 Å². The molecule has 1 saturated heterocycles. The summed E-state index contributed by atoms with van der Waals surface area (Å²) < 4.78 is 24.1. The highest BCUT2D eigenvalue weighted by Crippen LogP contribution is 2.25. The van der Waals surface area contributed by atoms with Crippen LogP contribution in [0.2, 0.25) is 0 Å². The number of rotatable bonds is 3. The Balaban J connectivity index is 2.23. The highest BCUT2D eigenvalue weighted by atomic mass is 32.3. The monoisotopic (exact) mass is 287 g/mol. The van der Waals surface area contributed by atoms with Gasteiger partial charge >= 0.3 is 7.12 Å². The molecular weight excluding hydrogens is 273 g/mol.